The fraction of sp³-hybridized carbons (Fsp3) is 0.200. The molecule has 0 atom stereocenters. The molecule has 0 bridgehead atoms. The summed E-state index contributed by atoms with van der Waals surface area (Å²) in [6.45, 7) is 6.54. The lowest BCUT2D eigenvalue weighted by atomic mass is 10.1. The van der Waals surface area contributed by atoms with Gasteiger partial charge in [0, 0.05) is 29.4 Å². The van der Waals surface area contributed by atoms with E-state index in [1.165, 1.54) is 0 Å². The molecule has 0 aromatic heterocycles. The van der Waals surface area contributed by atoms with Gasteiger partial charge in [-0.2, -0.15) is 0 Å². The first-order chi connectivity index (χ1) is 13.9. The average Bonchev–Trinajstić information content (AvgIpc) is 2.72. The second-order valence-corrected chi connectivity index (χ2v) is 7.41. The van der Waals surface area contributed by atoms with Gasteiger partial charge >= 0.3 is 0 Å². The van der Waals surface area contributed by atoms with Gasteiger partial charge in [0.1, 0.15) is 0 Å². The van der Waals surface area contributed by atoms with Crippen LogP contribution in [0.5, 0.6) is 0 Å². The Bertz CT molecular complexity index is 979. The van der Waals surface area contributed by atoms with E-state index in [0.717, 1.165) is 16.8 Å². The summed E-state index contributed by atoms with van der Waals surface area (Å²) >= 11 is 0. The Labute approximate surface area is 172 Å². The van der Waals surface area contributed by atoms with Crippen LogP contribution in [-0.4, -0.2) is 22.8 Å². The molecule has 1 N–H and O–H groups in total. The van der Waals surface area contributed by atoms with Gasteiger partial charge in [0.15, 0.2) is 0 Å². The highest BCUT2D eigenvalue weighted by atomic mass is 16.2. The van der Waals surface area contributed by atoms with Crippen molar-refractivity contribution in [2.75, 3.05) is 5.32 Å². The standard InChI is InChI=1S/C25H26N2O2/c1-18(2)27(17-20-9-5-4-6-10-20)25(29)22-14-12-21(13-15-22)24(28)26-23-11-7-8-19(3)16-23/h4-16,18H,17H2,1-3H3,(H,26,28). The zero-order valence-corrected chi connectivity index (χ0v) is 17.1. The summed E-state index contributed by atoms with van der Waals surface area (Å²) in [6, 6.07) is 24.5. The largest absolute Gasteiger partial charge is 0.332 e. The molecule has 0 aliphatic carbocycles. The van der Waals surface area contributed by atoms with Gasteiger partial charge in [0.05, 0.1) is 0 Å². The number of aryl methyl sites for hydroxylation is 1. The number of benzene rings is 3. The SMILES string of the molecule is Cc1cccc(NC(=O)c2ccc(C(=O)N(Cc3ccccc3)C(C)C)cc2)c1. The minimum Gasteiger partial charge on any atom is -0.332 e. The van der Waals surface area contributed by atoms with Crippen LogP contribution in [0.2, 0.25) is 0 Å². The van der Waals surface area contributed by atoms with E-state index in [9.17, 15) is 9.59 Å². The Morgan fingerprint density at radius 2 is 1.52 bits per heavy atom. The molecule has 0 unspecified atom stereocenters. The second-order valence-electron chi connectivity index (χ2n) is 7.41. The number of nitrogens with one attached hydrogen (secondary N) is 1. The lowest BCUT2D eigenvalue weighted by molar-refractivity contribution is 0.0690. The van der Waals surface area contributed by atoms with E-state index in [1.807, 2.05) is 80.3 Å². The average molecular weight is 386 g/mol. The van der Waals surface area contributed by atoms with E-state index in [1.54, 1.807) is 24.3 Å². The van der Waals surface area contributed by atoms with Crippen LogP contribution in [0.25, 0.3) is 0 Å². The quantitative estimate of drug-likeness (QED) is 0.625. The number of carbonyl (C=O) groups excluding carboxylic acids is 2. The summed E-state index contributed by atoms with van der Waals surface area (Å²) in [6.07, 6.45) is 0. The summed E-state index contributed by atoms with van der Waals surface area (Å²) in [5.74, 6) is -0.242. The van der Waals surface area contributed by atoms with E-state index in [0.29, 0.717) is 17.7 Å². The summed E-state index contributed by atoms with van der Waals surface area (Å²) in [4.78, 5) is 27.3. The highest BCUT2D eigenvalue weighted by molar-refractivity contribution is 6.05. The number of hydrogen-bond donors (Lipinski definition) is 1. The molecule has 0 radical (unpaired) electrons. The fourth-order valence-electron chi connectivity index (χ4n) is 3.13. The highest BCUT2D eigenvalue weighted by Crippen LogP contribution is 2.16. The first kappa shape index (κ1) is 20.3. The number of carbonyl (C=O) groups is 2. The molecule has 4 heteroatoms. The Morgan fingerprint density at radius 1 is 0.862 bits per heavy atom. The molecule has 0 saturated carbocycles. The third-order valence-electron chi connectivity index (χ3n) is 4.75. The van der Waals surface area contributed by atoms with Crippen LogP contribution in [0.1, 0.15) is 45.7 Å². The fourth-order valence-corrected chi connectivity index (χ4v) is 3.13. The van der Waals surface area contributed by atoms with Crippen LogP contribution in [0, 0.1) is 6.92 Å². The van der Waals surface area contributed by atoms with E-state index in [4.69, 9.17) is 0 Å². The molecule has 148 valence electrons. The lowest BCUT2D eigenvalue weighted by Gasteiger charge is -2.27. The third-order valence-corrected chi connectivity index (χ3v) is 4.75. The van der Waals surface area contributed by atoms with Gasteiger partial charge in [-0.3, -0.25) is 9.59 Å². The molecule has 2 amide bonds. The Hall–Kier alpha value is -3.40. The first-order valence-corrected chi connectivity index (χ1v) is 9.77. The van der Waals surface area contributed by atoms with E-state index in [2.05, 4.69) is 5.32 Å². The molecule has 0 fully saturated rings. The Balaban J connectivity index is 1.72. The minimum absolute atomic E-state index is 0.0468. The van der Waals surface area contributed by atoms with Crippen LogP contribution >= 0.6 is 0 Å². The van der Waals surface area contributed by atoms with Gasteiger partial charge < -0.3 is 10.2 Å². The Morgan fingerprint density at radius 3 is 2.14 bits per heavy atom. The minimum atomic E-state index is -0.195. The summed E-state index contributed by atoms with van der Waals surface area (Å²) in [5.41, 5.74) is 4.01. The predicted molar refractivity (Wildman–Crippen MR) is 117 cm³/mol. The number of rotatable bonds is 6. The van der Waals surface area contributed by atoms with Gasteiger partial charge in [0.2, 0.25) is 0 Å². The van der Waals surface area contributed by atoms with Crippen molar-refractivity contribution in [3.63, 3.8) is 0 Å². The van der Waals surface area contributed by atoms with Crippen molar-refractivity contribution < 1.29 is 9.59 Å². The van der Waals surface area contributed by atoms with Crippen molar-refractivity contribution in [1.82, 2.24) is 4.90 Å². The van der Waals surface area contributed by atoms with Crippen molar-refractivity contribution in [2.24, 2.45) is 0 Å². The zero-order chi connectivity index (χ0) is 20.8. The van der Waals surface area contributed by atoms with Crippen LogP contribution in [0.15, 0.2) is 78.9 Å². The summed E-state index contributed by atoms with van der Waals surface area (Å²) < 4.78 is 0. The molecule has 0 aliphatic rings. The predicted octanol–water partition coefficient (Wildman–Crippen LogP) is 5.30. The monoisotopic (exact) mass is 386 g/mol. The van der Waals surface area contributed by atoms with Crippen molar-refractivity contribution in [3.05, 3.63) is 101 Å². The molecule has 0 aliphatic heterocycles. The maximum absolute atomic E-state index is 13.0. The van der Waals surface area contributed by atoms with Crippen LogP contribution < -0.4 is 5.32 Å². The molecular formula is C25H26N2O2. The second kappa shape index (κ2) is 9.20. The van der Waals surface area contributed by atoms with Gasteiger partial charge in [-0.15, -0.1) is 0 Å². The molecular weight excluding hydrogens is 360 g/mol. The van der Waals surface area contributed by atoms with Gasteiger partial charge in [0.25, 0.3) is 11.8 Å². The normalized spacial score (nSPS) is 10.6. The van der Waals surface area contributed by atoms with Crippen LogP contribution in [0.3, 0.4) is 0 Å². The zero-order valence-electron chi connectivity index (χ0n) is 17.1. The number of nitrogens with zero attached hydrogens (tertiary/aromatic N) is 1. The topological polar surface area (TPSA) is 49.4 Å². The molecule has 0 saturated heterocycles. The third kappa shape index (κ3) is 5.32. The van der Waals surface area contributed by atoms with E-state index in [-0.39, 0.29) is 17.9 Å². The molecule has 4 nitrogen and oxygen atoms in total. The number of amides is 2. The van der Waals surface area contributed by atoms with Crippen LogP contribution in [0.4, 0.5) is 5.69 Å². The van der Waals surface area contributed by atoms with Crippen molar-refractivity contribution in [3.8, 4) is 0 Å². The van der Waals surface area contributed by atoms with Gasteiger partial charge in [-0.05, 0) is 68.3 Å². The van der Waals surface area contributed by atoms with Gasteiger partial charge in [-0.1, -0.05) is 42.5 Å². The number of anilines is 1. The molecule has 3 aromatic rings. The molecule has 3 aromatic carbocycles. The molecule has 3 rings (SSSR count). The smallest absolute Gasteiger partial charge is 0.255 e. The Kier molecular flexibility index (Phi) is 6.45. The lowest BCUT2D eigenvalue weighted by Crippen LogP contribution is -2.36. The van der Waals surface area contributed by atoms with Gasteiger partial charge in [-0.25, -0.2) is 0 Å². The summed E-state index contributed by atoms with van der Waals surface area (Å²) in [7, 11) is 0. The highest BCUT2D eigenvalue weighted by Gasteiger charge is 2.19. The van der Waals surface area contributed by atoms with Crippen molar-refractivity contribution >= 4 is 17.5 Å². The van der Waals surface area contributed by atoms with E-state index >= 15 is 0 Å². The first-order valence-electron chi connectivity index (χ1n) is 9.77. The maximum Gasteiger partial charge on any atom is 0.255 e. The molecule has 0 heterocycles. The number of hydrogen-bond acceptors (Lipinski definition) is 2. The maximum atomic E-state index is 13.0. The van der Waals surface area contributed by atoms with Crippen molar-refractivity contribution in [2.45, 2.75) is 33.4 Å². The van der Waals surface area contributed by atoms with Crippen molar-refractivity contribution in [1.29, 1.82) is 0 Å². The van der Waals surface area contributed by atoms with E-state index < -0.39 is 0 Å². The van der Waals surface area contributed by atoms with Crippen LogP contribution in [-0.2, 0) is 6.54 Å². The molecule has 0 spiro atoms. The molecule has 29 heavy (non-hydrogen) atoms. The summed E-state index contributed by atoms with van der Waals surface area (Å²) in [5, 5.41) is 2.89.